The van der Waals surface area contributed by atoms with Crippen LogP contribution in [0, 0.1) is 0 Å². The van der Waals surface area contributed by atoms with Gasteiger partial charge in [0.25, 0.3) is 5.91 Å². The molecule has 1 N–H and O–H groups in total. The molecule has 0 saturated heterocycles. The Morgan fingerprint density at radius 1 is 0.780 bits per heavy atom. The van der Waals surface area contributed by atoms with E-state index in [4.69, 9.17) is 0 Å². The second-order valence-corrected chi connectivity index (χ2v) is 10.7. The minimum absolute atomic E-state index is 0.0551. The lowest BCUT2D eigenvalue weighted by Crippen LogP contribution is -2.38. The van der Waals surface area contributed by atoms with Crippen LogP contribution < -0.4 is 15.1 Å². The van der Waals surface area contributed by atoms with Gasteiger partial charge in [-0.05, 0) is 73.7 Å². The molecule has 1 amide bonds. The number of hydrogen-bond donors (Lipinski definition) is 1. The average Bonchev–Trinajstić information content (AvgIpc) is 3.17. The van der Waals surface area contributed by atoms with Gasteiger partial charge in [-0.2, -0.15) is 0 Å². The zero-order valence-corrected chi connectivity index (χ0v) is 23.6. The van der Waals surface area contributed by atoms with Crippen molar-refractivity contribution in [3.8, 4) is 0 Å². The Hall–Kier alpha value is -4.64. The molecule has 5 heteroatoms. The van der Waals surface area contributed by atoms with Crippen LogP contribution in [-0.4, -0.2) is 24.8 Å². The number of carbonyl (C=O) groups excluding carboxylic acids is 2. The van der Waals surface area contributed by atoms with E-state index in [1.807, 2.05) is 89.8 Å². The molecule has 1 aliphatic heterocycles. The smallest absolute Gasteiger partial charge is 0.259 e. The Balaban J connectivity index is 1.47. The first-order valence-electron chi connectivity index (χ1n) is 14.5. The first-order valence-corrected chi connectivity index (χ1v) is 14.5. The van der Waals surface area contributed by atoms with Crippen LogP contribution in [0.25, 0.3) is 0 Å². The van der Waals surface area contributed by atoms with E-state index in [0.29, 0.717) is 24.0 Å². The number of ketones is 1. The molecule has 0 bridgehead atoms. The highest BCUT2D eigenvalue weighted by Gasteiger charge is 2.41. The maximum Gasteiger partial charge on any atom is 0.259 e. The molecule has 41 heavy (non-hydrogen) atoms. The van der Waals surface area contributed by atoms with Crippen LogP contribution in [-0.2, 0) is 4.79 Å². The second kappa shape index (κ2) is 11.5. The molecule has 6 rings (SSSR count). The first-order chi connectivity index (χ1) is 20.1. The summed E-state index contributed by atoms with van der Waals surface area (Å²) in [6.45, 7) is 6.23. The van der Waals surface area contributed by atoms with E-state index in [2.05, 4.69) is 48.3 Å². The van der Waals surface area contributed by atoms with Gasteiger partial charge in [0.15, 0.2) is 5.78 Å². The van der Waals surface area contributed by atoms with Crippen molar-refractivity contribution in [3.05, 3.63) is 137 Å². The van der Waals surface area contributed by atoms with E-state index in [9.17, 15) is 9.59 Å². The summed E-state index contributed by atoms with van der Waals surface area (Å²) in [5, 5.41) is 3.63. The van der Waals surface area contributed by atoms with Gasteiger partial charge in [-0.25, -0.2) is 0 Å². The van der Waals surface area contributed by atoms with Crippen molar-refractivity contribution in [2.75, 3.05) is 28.2 Å². The molecule has 0 spiro atoms. The number of carbonyl (C=O) groups is 2. The van der Waals surface area contributed by atoms with Crippen LogP contribution in [0.3, 0.4) is 0 Å². The zero-order chi connectivity index (χ0) is 28.3. The predicted octanol–water partition coefficient (Wildman–Crippen LogP) is 7.75. The van der Waals surface area contributed by atoms with Crippen molar-refractivity contribution in [1.29, 1.82) is 0 Å². The van der Waals surface area contributed by atoms with Gasteiger partial charge >= 0.3 is 0 Å². The largest absolute Gasteiger partial charge is 0.372 e. The maximum absolute atomic E-state index is 14.3. The summed E-state index contributed by atoms with van der Waals surface area (Å²) in [7, 11) is 0. The van der Waals surface area contributed by atoms with Crippen LogP contribution in [0.4, 0.5) is 17.1 Å². The second-order valence-electron chi connectivity index (χ2n) is 10.7. The van der Waals surface area contributed by atoms with E-state index in [1.54, 1.807) is 0 Å². The molecule has 0 unspecified atom stereocenters. The fourth-order valence-corrected chi connectivity index (χ4v) is 6.27. The number of allylic oxidation sites excluding steroid dienone is 1. The lowest BCUT2D eigenvalue weighted by molar-refractivity contribution is -0.116. The van der Waals surface area contributed by atoms with Gasteiger partial charge in [0.05, 0.1) is 17.4 Å². The van der Waals surface area contributed by atoms with E-state index < -0.39 is 6.04 Å². The number of hydrogen-bond acceptors (Lipinski definition) is 4. The molecule has 0 aromatic heterocycles. The summed E-state index contributed by atoms with van der Waals surface area (Å²) >= 11 is 0. The maximum atomic E-state index is 14.3. The highest BCUT2D eigenvalue weighted by Crippen LogP contribution is 2.47. The molecule has 4 aromatic rings. The number of amides is 1. The van der Waals surface area contributed by atoms with E-state index in [-0.39, 0.29) is 17.6 Å². The van der Waals surface area contributed by atoms with Crippen molar-refractivity contribution >= 4 is 28.8 Å². The van der Waals surface area contributed by atoms with Crippen LogP contribution in [0.5, 0.6) is 0 Å². The highest BCUT2D eigenvalue weighted by molar-refractivity contribution is 6.12. The number of fused-ring (bicyclic) bond motifs is 1. The quantitative estimate of drug-likeness (QED) is 0.271. The number of nitrogens with one attached hydrogen (secondary N) is 1. The van der Waals surface area contributed by atoms with Gasteiger partial charge in [0.1, 0.15) is 0 Å². The van der Waals surface area contributed by atoms with Crippen LogP contribution in [0.2, 0.25) is 0 Å². The fraction of sp³-hybridized carbons (Fsp3) is 0.222. The summed E-state index contributed by atoms with van der Waals surface area (Å²) in [5.74, 6) is -0.00655. The van der Waals surface area contributed by atoms with Gasteiger partial charge in [0, 0.05) is 42.0 Å². The summed E-state index contributed by atoms with van der Waals surface area (Å²) < 4.78 is 0. The molecule has 0 radical (unpaired) electrons. The SMILES string of the molecule is CCN(CC)c1ccc([C@@H]2CC(=O)C3=C(C2)Nc2ccccc2N(C(=O)c2ccccc2)[C@@H]3c2ccccc2)cc1. The van der Waals surface area contributed by atoms with Crippen molar-refractivity contribution in [2.24, 2.45) is 0 Å². The zero-order valence-electron chi connectivity index (χ0n) is 23.6. The number of para-hydroxylation sites is 2. The molecule has 0 fully saturated rings. The molecular weight excluding hydrogens is 506 g/mol. The minimum atomic E-state index is -0.548. The number of anilines is 3. The summed E-state index contributed by atoms with van der Waals surface area (Å²) in [5.41, 5.74) is 7.01. The normalized spacial score (nSPS) is 18.2. The van der Waals surface area contributed by atoms with E-state index >= 15 is 0 Å². The standard InChI is InChI=1S/C36H35N3O2/c1-3-38(4-2)29-21-19-25(20-22-29)28-23-31-34(33(40)24-28)35(26-13-7-5-8-14-26)39(32-18-12-11-17-30(32)37-31)36(41)27-15-9-6-10-16-27/h5-22,28,35,37H,3-4,23-24H2,1-2H3/t28-,35+/m0/s1. The van der Waals surface area contributed by atoms with Crippen molar-refractivity contribution in [1.82, 2.24) is 0 Å². The molecule has 4 aromatic carbocycles. The third kappa shape index (κ3) is 5.04. The molecule has 5 nitrogen and oxygen atoms in total. The van der Waals surface area contributed by atoms with Gasteiger partial charge in [-0.15, -0.1) is 0 Å². The summed E-state index contributed by atoms with van der Waals surface area (Å²) in [6, 6.07) is 35.2. The van der Waals surface area contributed by atoms with E-state index in [0.717, 1.165) is 41.3 Å². The third-order valence-electron chi connectivity index (χ3n) is 8.34. The first kappa shape index (κ1) is 26.6. The van der Waals surface area contributed by atoms with Crippen LogP contribution in [0.1, 0.15) is 60.1 Å². The molecule has 1 aliphatic carbocycles. The van der Waals surface area contributed by atoms with Crippen LogP contribution in [0.15, 0.2) is 120 Å². The lowest BCUT2D eigenvalue weighted by atomic mass is 9.78. The molecule has 2 aliphatic rings. The molecular formula is C36H35N3O2. The Morgan fingerprint density at radius 2 is 1.41 bits per heavy atom. The number of rotatable bonds is 6. The topological polar surface area (TPSA) is 52.7 Å². The summed E-state index contributed by atoms with van der Waals surface area (Å²) in [6.07, 6.45) is 1.09. The van der Waals surface area contributed by atoms with Gasteiger partial charge in [-0.1, -0.05) is 72.8 Å². The Labute approximate surface area is 242 Å². The van der Waals surface area contributed by atoms with Crippen LogP contribution >= 0.6 is 0 Å². The predicted molar refractivity (Wildman–Crippen MR) is 167 cm³/mol. The van der Waals surface area contributed by atoms with Crippen molar-refractivity contribution < 1.29 is 9.59 Å². The monoisotopic (exact) mass is 541 g/mol. The summed E-state index contributed by atoms with van der Waals surface area (Å²) in [4.78, 5) is 32.6. The Bertz CT molecular complexity index is 1570. The molecule has 206 valence electrons. The fourth-order valence-electron chi connectivity index (χ4n) is 6.27. The molecule has 0 saturated carbocycles. The highest BCUT2D eigenvalue weighted by atomic mass is 16.2. The Morgan fingerprint density at radius 3 is 2.10 bits per heavy atom. The number of benzene rings is 4. The third-order valence-corrected chi connectivity index (χ3v) is 8.34. The number of Topliss-reactive ketones (excluding diaryl/α,β-unsaturated/α-hetero) is 1. The van der Waals surface area contributed by atoms with Crippen molar-refractivity contribution in [3.63, 3.8) is 0 Å². The lowest BCUT2D eigenvalue weighted by Gasteiger charge is -2.35. The molecule has 1 heterocycles. The number of nitrogens with zero attached hydrogens (tertiary/aromatic N) is 2. The Kier molecular flexibility index (Phi) is 7.43. The van der Waals surface area contributed by atoms with Crippen molar-refractivity contribution in [2.45, 2.75) is 38.6 Å². The van der Waals surface area contributed by atoms with Gasteiger partial charge in [0.2, 0.25) is 0 Å². The van der Waals surface area contributed by atoms with Gasteiger partial charge < -0.3 is 10.2 Å². The van der Waals surface area contributed by atoms with Gasteiger partial charge in [-0.3, -0.25) is 14.5 Å². The van der Waals surface area contributed by atoms with E-state index in [1.165, 1.54) is 5.69 Å². The average molecular weight is 542 g/mol. The minimum Gasteiger partial charge on any atom is -0.372 e. The molecule has 2 atom stereocenters.